The number of hydrogen-bond donors (Lipinski definition) is 0. The van der Waals surface area contributed by atoms with Crippen molar-refractivity contribution in [2.24, 2.45) is 0 Å². The van der Waals surface area contributed by atoms with Crippen molar-refractivity contribution < 1.29 is 22.5 Å². The maximum atomic E-state index is 12.7. The molecule has 3 heterocycles. The van der Waals surface area contributed by atoms with Crippen LogP contribution in [0.25, 0.3) is 0 Å². The molecule has 0 aliphatic carbocycles. The van der Waals surface area contributed by atoms with E-state index in [9.17, 15) is 18.0 Å². The molecule has 2 aromatic rings. The van der Waals surface area contributed by atoms with Gasteiger partial charge in [0, 0.05) is 45.2 Å². The number of alkyl halides is 3. The van der Waals surface area contributed by atoms with Crippen LogP contribution in [0.1, 0.15) is 23.7 Å². The fourth-order valence-corrected chi connectivity index (χ4v) is 3.09. The SMILES string of the molecule is Cc1noc(CCC(=O)N2CCN(c3ncc(C(F)(F)F)cc3Cl)CC2)n1. The van der Waals surface area contributed by atoms with E-state index in [2.05, 4.69) is 15.1 Å². The molecule has 3 rings (SSSR count). The minimum Gasteiger partial charge on any atom is -0.352 e. The lowest BCUT2D eigenvalue weighted by Crippen LogP contribution is -2.49. The first-order valence-electron chi connectivity index (χ1n) is 8.28. The molecule has 27 heavy (non-hydrogen) atoms. The van der Waals surface area contributed by atoms with Gasteiger partial charge in [-0.05, 0) is 13.0 Å². The van der Waals surface area contributed by atoms with Gasteiger partial charge >= 0.3 is 6.18 Å². The monoisotopic (exact) mass is 403 g/mol. The van der Waals surface area contributed by atoms with Gasteiger partial charge in [-0.2, -0.15) is 18.2 Å². The van der Waals surface area contributed by atoms with E-state index < -0.39 is 11.7 Å². The first-order chi connectivity index (χ1) is 12.7. The number of aryl methyl sites for hydroxylation is 2. The predicted octanol–water partition coefficient (Wildman–Crippen LogP) is 2.73. The van der Waals surface area contributed by atoms with Gasteiger partial charge in [0.05, 0.1) is 10.6 Å². The molecule has 1 saturated heterocycles. The van der Waals surface area contributed by atoms with Crippen LogP contribution >= 0.6 is 11.6 Å². The Kier molecular flexibility index (Phi) is 5.54. The largest absolute Gasteiger partial charge is 0.417 e. The number of carbonyl (C=O) groups excluding carboxylic acids is 1. The van der Waals surface area contributed by atoms with Gasteiger partial charge in [-0.25, -0.2) is 4.98 Å². The molecule has 0 N–H and O–H groups in total. The Balaban J connectivity index is 1.54. The molecule has 0 saturated carbocycles. The molecule has 11 heteroatoms. The summed E-state index contributed by atoms with van der Waals surface area (Å²) in [5.41, 5.74) is -0.888. The molecule has 146 valence electrons. The second-order valence-corrected chi connectivity index (χ2v) is 6.54. The van der Waals surface area contributed by atoms with Crippen LogP contribution in [0, 0.1) is 6.92 Å². The number of pyridine rings is 1. The number of piperazine rings is 1. The number of hydrogen-bond acceptors (Lipinski definition) is 6. The molecule has 1 fully saturated rings. The summed E-state index contributed by atoms with van der Waals surface area (Å²) in [6, 6.07) is 0.869. The van der Waals surface area contributed by atoms with Crippen molar-refractivity contribution in [3.05, 3.63) is 34.6 Å². The lowest BCUT2D eigenvalue weighted by Gasteiger charge is -2.35. The maximum Gasteiger partial charge on any atom is 0.417 e. The molecule has 1 aliphatic rings. The number of nitrogens with zero attached hydrogens (tertiary/aromatic N) is 5. The zero-order valence-electron chi connectivity index (χ0n) is 14.5. The highest BCUT2D eigenvalue weighted by Gasteiger charge is 2.32. The Hall–Kier alpha value is -2.36. The first-order valence-corrected chi connectivity index (χ1v) is 8.66. The Morgan fingerprint density at radius 2 is 2.00 bits per heavy atom. The van der Waals surface area contributed by atoms with E-state index in [0.29, 0.717) is 44.3 Å². The van der Waals surface area contributed by atoms with E-state index in [-0.39, 0.29) is 23.2 Å². The molecule has 0 atom stereocenters. The van der Waals surface area contributed by atoms with Gasteiger partial charge in [0.1, 0.15) is 5.82 Å². The molecule has 0 unspecified atom stereocenters. The van der Waals surface area contributed by atoms with Gasteiger partial charge in [-0.3, -0.25) is 4.79 Å². The van der Waals surface area contributed by atoms with Crippen molar-refractivity contribution >= 4 is 23.3 Å². The summed E-state index contributed by atoms with van der Waals surface area (Å²) >= 11 is 5.98. The van der Waals surface area contributed by atoms with Crippen LogP contribution in [0.4, 0.5) is 19.0 Å². The second-order valence-electron chi connectivity index (χ2n) is 6.13. The van der Waals surface area contributed by atoms with Crippen LogP contribution in [-0.4, -0.2) is 52.1 Å². The summed E-state index contributed by atoms with van der Waals surface area (Å²) in [4.78, 5) is 23.7. The molecule has 2 aromatic heterocycles. The molecule has 1 aliphatic heterocycles. The Morgan fingerprint density at radius 3 is 2.56 bits per heavy atom. The third-order valence-electron chi connectivity index (χ3n) is 4.20. The van der Waals surface area contributed by atoms with Crippen molar-refractivity contribution in [1.29, 1.82) is 0 Å². The van der Waals surface area contributed by atoms with Crippen LogP contribution in [0.15, 0.2) is 16.8 Å². The zero-order valence-corrected chi connectivity index (χ0v) is 15.2. The average molecular weight is 404 g/mol. The lowest BCUT2D eigenvalue weighted by molar-refractivity contribution is -0.137. The van der Waals surface area contributed by atoms with E-state index in [1.807, 2.05) is 0 Å². The van der Waals surface area contributed by atoms with Crippen LogP contribution in [0.5, 0.6) is 0 Å². The average Bonchev–Trinajstić information content (AvgIpc) is 3.04. The highest BCUT2D eigenvalue weighted by atomic mass is 35.5. The fraction of sp³-hybridized carbons (Fsp3) is 0.500. The standard InChI is InChI=1S/C16H17ClF3N5O2/c1-10-22-13(27-23-10)2-3-14(26)24-4-6-25(7-5-24)15-12(17)8-11(9-21-15)16(18,19)20/h8-9H,2-7H2,1H3. The molecule has 0 bridgehead atoms. The highest BCUT2D eigenvalue weighted by Crippen LogP contribution is 2.33. The number of rotatable bonds is 4. The van der Waals surface area contributed by atoms with Crippen LogP contribution < -0.4 is 4.90 Å². The number of carbonyl (C=O) groups is 1. The van der Waals surface area contributed by atoms with E-state index in [1.54, 1.807) is 16.7 Å². The van der Waals surface area contributed by atoms with Gasteiger partial charge in [-0.15, -0.1) is 0 Å². The van der Waals surface area contributed by atoms with Crippen molar-refractivity contribution in [1.82, 2.24) is 20.0 Å². The third kappa shape index (κ3) is 4.68. The van der Waals surface area contributed by atoms with Gasteiger partial charge in [0.15, 0.2) is 5.82 Å². The van der Waals surface area contributed by atoms with Crippen LogP contribution in [-0.2, 0) is 17.4 Å². The highest BCUT2D eigenvalue weighted by molar-refractivity contribution is 6.33. The predicted molar refractivity (Wildman–Crippen MR) is 90.4 cm³/mol. The summed E-state index contributed by atoms with van der Waals surface area (Å²) in [5, 5.41) is 3.61. The van der Waals surface area contributed by atoms with Gasteiger partial charge < -0.3 is 14.3 Å². The molecule has 0 spiro atoms. The van der Waals surface area contributed by atoms with E-state index in [1.165, 1.54) is 0 Å². The van der Waals surface area contributed by atoms with Gasteiger partial charge in [0.25, 0.3) is 0 Å². The van der Waals surface area contributed by atoms with Crippen molar-refractivity contribution in [2.45, 2.75) is 25.9 Å². The summed E-state index contributed by atoms with van der Waals surface area (Å²) in [6.07, 6.45) is -3.10. The summed E-state index contributed by atoms with van der Waals surface area (Å²) < 4.78 is 43.1. The number of amides is 1. The number of aromatic nitrogens is 3. The van der Waals surface area contributed by atoms with E-state index in [4.69, 9.17) is 16.1 Å². The van der Waals surface area contributed by atoms with E-state index in [0.717, 1.165) is 12.3 Å². The fourth-order valence-electron chi connectivity index (χ4n) is 2.80. The second kappa shape index (κ2) is 7.71. The minimum atomic E-state index is -4.49. The Bertz CT molecular complexity index is 819. The number of anilines is 1. The lowest BCUT2D eigenvalue weighted by atomic mass is 10.2. The third-order valence-corrected chi connectivity index (χ3v) is 4.48. The minimum absolute atomic E-state index is 0.0445. The van der Waals surface area contributed by atoms with E-state index >= 15 is 0 Å². The van der Waals surface area contributed by atoms with Crippen molar-refractivity contribution in [2.75, 3.05) is 31.1 Å². The molecule has 7 nitrogen and oxygen atoms in total. The van der Waals surface area contributed by atoms with Crippen LogP contribution in [0.2, 0.25) is 5.02 Å². The molecular formula is C16H17ClF3N5O2. The smallest absolute Gasteiger partial charge is 0.352 e. The van der Waals surface area contributed by atoms with Crippen molar-refractivity contribution in [3.8, 4) is 0 Å². The number of halogens is 4. The normalized spacial score (nSPS) is 15.3. The molecule has 0 radical (unpaired) electrons. The molecule has 1 amide bonds. The van der Waals surface area contributed by atoms with Crippen LogP contribution in [0.3, 0.4) is 0 Å². The topological polar surface area (TPSA) is 75.4 Å². The maximum absolute atomic E-state index is 12.7. The van der Waals surface area contributed by atoms with Crippen molar-refractivity contribution in [3.63, 3.8) is 0 Å². The summed E-state index contributed by atoms with van der Waals surface area (Å²) in [6.45, 7) is 3.43. The molecular weight excluding hydrogens is 387 g/mol. The first kappa shape index (κ1) is 19.4. The van der Waals surface area contributed by atoms with Gasteiger partial charge in [0.2, 0.25) is 11.8 Å². The quantitative estimate of drug-likeness (QED) is 0.781. The van der Waals surface area contributed by atoms with Gasteiger partial charge in [-0.1, -0.05) is 16.8 Å². The Labute approximate surface area is 158 Å². The molecule has 0 aromatic carbocycles. The Morgan fingerprint density at radius 1 is 1.30 bits per heavy atom. The summed E-state index contributed by atoms with van der Waals surface area (Å²) in [7, 11) is 0. The summed E-state index contributed by atoms with van der Waals surface area (Å²) in [5.74, 6) is 1.18. The zero-order chi connectivity index (χ0) is 19.6.